The highest BCUT2D eigenvalue weighted by atomic mass is 16.5. The zero-order valence-corrected chi connectivity index (χ0v) is 22.9. The second kappa shape index (κ2) is 12.4. The molecule has 1 aliphatic heterocycles. The molecule has 4 aromatic carbocycles. The molecule has 0 saturated carbocycles. The van der Waals surface area contributed by atoms with E-state index in [9.17, 15) is 0 Å². The number of hydrazone groups is 1. The smallest absolute Gasteiger partial charge is 0.162 e. The number of ether oxygens (including phenoxy) is 3. The molecule has 0 radical (unpaired) electrons. The normalized spacial score (nSPS) is 14.4. The highest BCUT2D eigenvalue weighted by Gasteiger charge is 2.31. The van der Waals surface area contributed by atoms with Crippen LogP contribution in [0, 0.1) is 0 Å². The van der Waals surface area contributed by atoms with Gasteiger partial charge in [-0.15, -0.1) is 0 Å². The van der Waals surface area contributed by atoms with E-state index in [0.29, 0.717) is 31.1 Å². The lowest BCUT2D eigenvalue weighted by Gasteiger charge is -2.24. The van der Waals surface area contributed by atoms with E-state index in [1.165, 1.54) is 0 Å². The van der Waals surface area contributed by atoms with Crippen molar-refractivity contribution in [3.05, 3.63) is 150 Å². The van der Waals surface area contributed by atoms with Gasteiger partial charge in [0.25, 0.3) is 0 Å². The molecule has 1 unspecified atom stereocenters. The van der Waals surface area contributed by atoms with E-state index in [0.717, 1.165) is 39.5 Å². The molecule has 0 fully saturated rings. The number of hydrogen-bond donors (Lipinski definition) is 0. The van der Waals surface area contributed by atoms with Crippen molar-refractivity contribution in [3.63, 3.8) is 0 Å². The van der Waals surface area contributed by atoms with Crippen LogP contribution in [0.15, 0.2) is 133 Å². The van der Waals surface area contributed by atoms with Gasteiger partial charge >= 0.3 is 0 Å². The number of pyridine rings is 1. The molecule has 0 bridgehead atoms. The first-order valence-electron chi connectivity index (χ1n) is 13.7. The number of nitrogens with zero attached hydrogens (tertiary/aromatic N) is 3. The minimum absolute atomic E-state index is 0.0655. The quantitative estimate of drug-likeness (QED) is 0.182. The summed E-state index contributed by atoms with van der Waals surface area (Å²) in [6, 6.07) is 40.3. The minimum atomic E-state index is -0.0655. The van der Waals surface area contributed by atoms with Crippen molar-refractivity contribution in [2.75, 3.05) is 12.1 Å². The fraction of sp³-hybridized carbons (Fsp3) is 0.143. The van der Waals surface area contributed by atoms with Crippen LogP contribution in [0.1, 0.15) is 34.7 Å². The highest BCUT2D eigenvalue weighted by Crippen LogP contribution is 2.40. The maximum atomic E-state index is 6.38. The van der Waals surface area contributed by atoms with E-state index in [-0.39, 0.29) is 6.04 Å². The molecule has 204 valence electrons. The van der Waals surface area contributed by atoms with Crippen LogP contribution in [0.5, 0.6) is 17.2 Å². The van der Waals surface area contributed by atoms with Gasteiger partial charge in [0.2, 0.25) is 0 Å². The van der Waals surface area contributed by atoms with Crippen LogP contribution in [-0.4, -0.2) is 17.8 Å². The third kappa shape index (κ3) is 6.23. The number of rotatable bonds is 10. The molecule has 0 saturated heterocycles. The summed E-state index contributed by atoms with van der Waals surface area (Å²) in [7, 11) is 1.67. The van der Waals surface area contributed by atoms with Gasteiger partial charge in [-0.1, -0.05) is 72.8 Å². The van der Waals surface area contributed by atoms with Crippen LogP contribution in [0.3, 0.4) is 0 Å². The average molecular weight is 542 g/mol. The van der Waals surface area contributed by atoms with Gasteiger partial charge in [-0.25, -0.2) is 9.99 Å². The first-order chi connectivity index (χ1) is 20.3. The van der Waals surface area contributed by atoms with Crippen molar-refractivity contribution in [1.29, 1.82) is 0 Å². The SMILES string of the molecule is COc1ccc(C2=NN(c3ccccn3)C(c3ccc(OCc4ccccc4)c(OCc4ccccc4)c3)C2)cc1. The molecule has 6 nitrogen and oxygen atoms in total. The Kier molecular flexibility index (Phi) is 7.90. The van der Waals surface area contributed by atoms with E-state index in [4.69, 9.17) is 19.3 Å². The Morgan fingerprint density at radius 2 is 1.37 bits per heavy atom. The van der Waals surface area contributed by atoms with Crippen molar-refractivity contribution < 1.29 is 14.2 Å². The second-order valence-electron chi connectivity index (χ2n) is 9.78. The molecular weight excluding hydrogens is 510 g/mol. The monoisotopic (exact) mass is 541 g/mol. The van der Waals surface area contributed by atoms with Gasteiger partial charge in [-0.05, 0) is 70.8 Å². The van der Waals surface area contributed by atoms with E-state index < -0.39 is 0 Å². The summed E-state index contributed by atoms with van der Waals surface area (Å²) < 4.78 is 18.0. The van der Waals surface area contributed by atoms with Crippen LogP contribution >= 0.6 is 0 Å². The summed E-state index contributed by atoms with van der Waals surface area (Å²) in [5, 5.41) is 7.04. The Morgan fingerprint density at radius 3 is 2.00 bits per heavy atom. The van der Waals surface area contributed by atoms with Crippen molar-refractivity contribution in [1.82, 2.24) is 4.98 Å². The topological polar surface area (TPSA) is 56.2 Å². The highest BCUT2D eigenvalue weighted by molar-refractivity contribution is 6.03. The lowest BCUT2D eigenvalue weighted by atomic mass is 9.98. The maximum absolute atomic E-state index is 6.38. The molecule has 0 aliphatic carbocycles. The first kappa shape index (κ1) is 26.1. The molecule has 1 aliphatic rings. The molecule has 6 rings (SSSR count). The summed E-state index contributed by atoms with van der Waals surface area (Å²) in [4.78, 5) is 4.61. The largest absolute Gasteiger partial charge is 0.497 e. The van der Waals surface area contributed by atoms with E-state index in [2.05, 4.69) is 41.4 Å². The molecule has 6 heteroatoms. The van der Waals surface area contributed by atoms with Gasteiger partial charge in [-0.2, -0.15) is 5.10 Å². The Morgan fingerprint density at radius 1 is 0.707 bits per heavy atom. The predicted octanol–water partition coefficient (Wildman–Crippen LogP) is 7.60. The minimum Gasteiger partial charge on any atom is -0.497 e. The molecule has 41 heavy (non-hydrogen) atoms. The Labute approximate surface area is 240 Å². The summed E-state index contributed by atoms with van der Waals surface area (Å²) >= 11 is 0. The van der Waals surface area contributed by atoms with Gasteiger partial charge in [0.05, 0.1) is 18.9 Å². The lowest BCUT2D eigenvalue weighted by molar-refractivity contribution is 0.255. The third-order valence-electron chi connectivity index (χ3n) is 7.04. The zero-order chi connectivity index (χ0) is 27.9. The maximum Gasteiger partial charge on any atom is 0.162 e. The van der Waals surface area contributed by atoms with Gasteiger partial charge in [0.15, 0.2) is 11.5 Å². The van der Waals surface area contributed by atoms with Crippen LogP contribution < -0.4 is 19.2 Å². The Hall–Kier alpha value is -5.10. The molecule has 1 aromatic heterocycles. The van der Waals surface area contributed by atoms with E-state index >= 15 is 0 Å². The third-order valence-corrected chi connectivity index (χ3v) is 7.04. The number of benzene rings is 4. The van der Waals surface area contributed by atoms with Crippen molar-refractivity contribution >= 4 is 11.5 Å². The number of hydrogen-bond acceptors (Lipinski definition) is 6. The first-order valence-corrected chi connectivity index (χ1v) is 13.7. The molecule has 0 N–H and O–H groups in total. The lowest BCUT2D eigenvalue weighted by Crippen LogP contribution is -2.19. The van der Waals surface area contributed by atoms with Crippen molar-refractivity contribution in [3.8, 4) is 17.2 Å². The van der Waals surface area contributed by atoms with E-state index in [1.807, 2.05) is 89.9 Å². The van der Waals surface area contributed by atoms with Gasteiger partial charge in [-0.3, -0.25) is 0 Å². The van der Waals surface area contributed by atoms with Crippen LogP contribution in [0.2, 0.25) is 0 Å². The molecule has 2 heterocycles. The van der Waals surface area contributed by atoms with Gasteiger partial charge < -0.3 is 14.2 Å². The second-order valence-corrected chi connectivity index (χ2v) is 9.78. The molecule has 5 aromatic rings. The van der Waals surface area contributed by atoms with Crippen LogP contribution in [-0.2, 0) is 13.2 Å². The van der Waals surface area contributed by atoms with Gasteiger partial charge in [0.1, 0.15) is 24.8 Å². The molecular formula is C35H31N3O3. The standard InChI is InChI=1S/C35H31N3O3/c1-39-30-18-15-28(16-19-30)31-23-32(38(37-31)35-14-8-9-21-36-35)29-17-20-33(40-24-26-10-4-2-5-11-26)34(22-29)41-25-27-12-6-3-7-13-27/h2-22,32H,23-25H2,1H3. The van der Waals surface area contributed by atoms with Crippen molar-refractivity contribution in [2.24, 2.45) is 5.10 Å². The van der Waals surface area contributed by atoms with Crippen LogP contribution in [0.4, 0.5) is 5.82 Å². The van der Waals surface area contributed by atoms with E-state index in [1.54, 1.807) is 13.3 Å². The summed E-state index contributed by atoms with van der Waals surface area (Å²) in [5.74, 6) is 3.00. The fourth-order valence-corrected chi connectivity index (χ4v) is 4.86. The number of anilines is 1. The summed E-state index contributed by atoms with van der Waals surface area (Å²) in [6.45, 7) is 0.893. The van der Waals surface area contributed by atoms with Gasteiger partial charge in [0, 0.05) is 12.6 Å². The summed E-state index contributed by atoms with van der Waals surface area (Å²) in [6.07, 6.45) is 2.51. The van der Waals surface area contributed by atoms with Crippen LogP contribution in [0.25, 0.3) is 0 Å². The Bertz CT molecular complexity index is 1590. The fourth-order valence-electron chi connectivity index (χ4n) is 4.86. The molecule has 0 amide bonds. The number of methoxy groups -OCH3 is 1. The Balaban J connectivity index is 1.32. The molecule has 1 atom stereocenters. The predicted molar refractivity (Wildman–Crippen MR) is 162 cm³/mol. The molecule has 0 spiro atoms. The summed E-state index contributed by atoms with van der Waals surface area (Å²) in [5.41, 5.74) is 5.29. The number of aromatic nitrogens is 1. The van der Waals surface area contributed by atoms with Crippen molar-refractivity contribution in [2.45, 2.75) is 25.7 Å². The zero-order valence-electron chi connectivity index (χ0n) is 22.9. The average Bonchev–Trinajstić information content (AvgIpc) is 3.50.